The number of nitrogens with zero attached hydrogens (tertiary/aromatic N) is 4. The van der Waals surface area contributed by atoms with Gasteiger partial charge in [-0.15, -0.1) is 0 Å². The van der Waals surface area contributed by atoms with Gasteiger partial charge in [0.25, 0.3) is 5.56 Å². The van der Waals surface area contributed by atoms with Crippen LogP contribution >= 0.6 is 15.9 Å². The molecule has 108 valence electrons. The molecule has 21 heavy (non-hydrogen) atoms. The number of hydrogen-bond acceptors (Lipinski definition) is 3. The molecule has 0 atom stereocenters. The Morgan fingerprint density at radius 1 is 1.29 bits per heavy atom. The maximum absolute atomic E-state index is 12.5. The topological polar surface area (TPSA) is 52.7 Å². The highest BCUT2D eigenvalue weighted by Crippen LogP contribution is 2.22. The lowest BCUT2D eigenvalue weighted by molar-refractivity contribution is 0.644. The average molecular weight is 347 g/mol. The first-order valence-electron chi connectivity index (χ1n) is 6.76. The lowest BCUT2D eigenvalue weighted by Gasteiger charge is -2.07. The fourth-order valence-electron chi connectivity index (χ4n) is 2.37. The molecule has 0 fully saturated rings. The fourth-order valence-corrected chi connectivity index (χ4v) is 3.11. The largest absolute Gasteiger partial charge is 0.293 e. The minimum Gasteiger partial charge on any atom is -0.293 e. The number of hydrogen-bond donors (Lipinski definition) is 0. The Morgan fingerprint density at radius 3 is 2.76 bits per heavy atom. The molecule has 1 aromatic carbocycles. The number of fused-ring (bicyclic) bond motifs is 1. The van der Waals surface area contributed by atoms with Gasteiger partial charge in [-0.2, -0.15) is 5.10 Å². The van der Waals surface area contributed by atoms with Gasteiger partial charge in [0.15, 0.2) is 0 Å². The number of rotatable bonds is 3. The summed E-state index contributed by atoms with van der Waals surface area (Å²) in [6.45, 7) is 2.50. The van der Waals surface area contributed by atoms with Crippen LogP contribution in [-0.2, 0) is 20.0 Å². The molecule has 3 rings (SSSR count). The first kappa shape index (κ1) is 14.0. The summed E-state index contributed by atoms with van der Waals surface area (Å²) in [5, 5.41) is 5.08. The Kier molecular flexibility index (Phi) is 3.63. The number of aryl methyl sites for hydroxylation is 2. The van der Waals surface area contributed by atoms with Crippen molar-refractivity contribution in [3.63, 3.8) is 0 Å². The van der Waals surface area contributed by atoms with Crippen molar-refractivity contribution in [1.29, 1.82) is 0 Å². The second kappa shape index (κ2) is 5.44. The lowest BCUT2D eigenvalue weighted by atomic mass is 10.2. The third-order valence-electron chi connectivity index (χ3n) is 3.55. The summed E-state index contributed by atoms with van der Waals surface area (Å²) in [7, 11) is 1.89. The zero-order valence-electron chi connectivity index (χ0n) is 11.9. The molecule has 0 aliphatic heterocycles. The van der Waals surface area contributed by atoms with E-state index in [9.17, 15) is 4.79 Å². The average Bonchev–Trinajstić information content (AvgIpc) is 2.77. The smallest absolute Gasteiger partial charge is 0.261 e. The van der Waals surface area contributed by atoms with Crippen molar-refractivity contribution in [2.45, 2.75) is 19.9 Å². The second-order valence-electron chi connectivity index (χ2n) is 4.88. The van der Waals surface area contributed by atoms with Gasteiger partial charge < -0.3 is 0 Å². The van der Waals surface area contributed by atoms with E-state index >= 15 is 0 Å². The number of para-hydroxylation sites is 1. The maximum Gasteiger partial charge on any atom is 0.261 e. The van der Waals surface area contributed by atoms with Crippen molar-refractivity contribution in [2.75, 3.05) is 0 Å². The Balaban J connectivity index is 2.09. The van der Waals surface area contributed by atoms with Crippen LogP contribution in [0.3, 0.4) is 0 Å². The summed E-state index contributed by atoms with van der Waals surface area (Å²) < 4.78 is 4.39. The summed E-state index contributed by atoms with van der Waals surface area (Å²) in [5.74, 6) is 0. The van der Waals surface area contributed by atoms with Crippen LogP contribution in [0.5, 0.6) is 0 Å². The van der Waals surface area contributed by atoms with Gasteiger partial charge in [0.1, 0.15) is 0 Å². The summed E-state index contributed by atoms with van der Waals surface area (Å²) in [6.07, 6.45) is 2.44. The Bertz CT molecular complexity index is 866. The molecule has 3 aromatic rings. The molecule has 0 saturated heterocycles. The van der Waals surface area contributed by atoms with Gasteiger partial charge in [0, 0.05) is 7.05 Å². The van der Waals surface area contributed by atoms with Crippen molar-refractivity contribution in [1.82, 2.24) is 19.3 Å². The zero-order valence-corrected chi connectivity index (χ0v) is 13.5. The molecule has 2 heterocycles. The first-order valence-corrected chi connectivity index (χ1v) is 7.55. The molecule has 2 aromatic heterocycles. The SMILES string of the molecule is CCc1nn(C)c(Cn2cnc3ccccc3c2=O)c1Br. The third-order valence-corrected chi connectivity index (χ3v) is 4.47. The molecule has 0 unspecified atom stereocenters. The van der Waals surface area contributed by atoms with E-state index in [1.54, 1.807) is 17.0 Å². The molecule has 0 aliphatic rings. The summed E-state index contributed by atoms with van der Waals surface area (Å²) >= 11 is 3.57. The minimum atomic E-state index is -0.0354. The maximum atomic E-state index is 12.5. The third kappa shape index (κ3) is 2.40. The predicted octanol–water partition coefficient (Wildman–Crippen LogP) is 2.50. The molecule has 0 saturated carbocycles. The quantitative estimate of drug-likeness (QED) is 0.732. The van der Waals surface area contributed by atoms with E-state index in [0.717, 1.165) is 27.8 Å². The van der Waals surface area contributed by atoms with Crippen LogP contribution in [0.1, 0.15) is 18.3 Å². The van der Waals surface area contributed by atoms with Crippen LogP contribution in [0.15, 0.2) is 39.9 Å². The molecule has 0 radical (unpaired) electrons. The molecule has 6 heteroatoms. The summed E-state index contributed by atoms with van der Waals surface area (Å²) in [6, 6.07) is 7.38. The summed E-state index contributed by atoms with van der Waals surface area (Å²) in [4.78, 5) is 16.9. The molecule has 0 bridgehead atoms. The van der Waals surface area contributed by atoms with Crippen LogP contribution in [0.4, 0.5) is 0 Å². The molecular formula is C15H15BrN4O. The number of halogens is 1. The van der Waals surface area contributed by atoms with Crippen LogP contribution in [0.2, 0.25) is 0 Å². The highest BCUT2D eigenvalue weighted by Gasteiger charge is 2.14. The number of aromatic nitrogens is 4. The van der Waals surface area contributed by atoms with Crippen LogP contribution in [0.25, 0.3) is 10.9 Å². The van der Waals surface area contributed by atoms with Gasteiger partial charge in [-0.1, -0.05) is 19.1 Å². The van der Waals surface area contributed by atoms with E-state index in [2.05, 4.69) is 32.9 Å². The van der Waals surface area contributed by atoms with Gasteiger partial charge >= 0.3 is 0 Å². The van der Waals surface area contributed by atoms with Gasteiger partial charge in [-0.05, 0) is 34.5 Å². The van der Waals surface area contributed by atoms with Gasteiger partial charge in [-0.25, -0.2) is 4.98 Å². The van der Waals surface area contributed by atoms with E-state index in [4.69, 9.17) is 0 Å². The monoisotopic (exact) mass is 346 g/mol. The van der Waals surface area contributed by atoms with E-state index in [1.807, 2.05) is 29.9 Å². The zero-order chi connectivity index (χ0) is 15.0. The van der Waals surface area contributed by atoms with E-state index in [-0.39, 0.29) is 5.56 Å². The fraction of sp³-hybridized carbons (Fsp3) is 0.267. The Morgan fingerprint density at radius 2 is 2.05 bits per heavy atom. The predicted molar refractivity (Wildman–Crippen MR) is 85.4 cm³/mol. The highest BCUT2D eigenvalue weighted by atomic mass is 79.9. The van der Waals surface area contributed by atoms with Crippen molar-refractivity contribution in [3.8, 4) is 0 Å². The van der Waals surface area contributed by atoms with Crippen LogP contribution in [-0.4, -0.2) is 19.3 Å². The molecule has 0 amide bonds. The van der Waals surface area contributed by atoms with Gasteiger partial charge in [0.2, 0.25) is 0 Å². The molecule has 0 N–H and O–H groups in total. The van der Waals surface area contributed by atoms with Crippen LogP contribution in [0, 0.1) is 0 Å². The van der Waals surface area contributed by atoms with Gasteiger partial charge in [0.05, 0.1) is 39.6 Å². The van der Waals surface area contributed by atoms with E-state index in [1.165, 1.54) is 0 Å². The first-order chi connectivity index (χ1) is 10.1. The van der Waals surface area contributed by atoms with Crippen molar-refractivity contribution in [3.05, 3.63) is 56.8 Å². The van der Waals surface area contributed by atoms with Crippen molar-refractivity contribution in [2.24, 2.45) is 7.05 Å². The summed E-state index contributed by atoms with van der Waals surface area (Å²) in [5.41, 5.74) is 2.64. The van der Waals surface area contributed by atoms with Gasteiger partial charge in [-0.3, -0.25) is 14.0 Å². The minimum absolute atomic E-state index is 0.0354. The number of benzene rings is 1. The van der Waals surface area contributed by atoms with Crippen LogP contribution < -0.4 is 5.56 Å². The van der Waals surface area contributed by atoms with Crippen molar-refractivity contribution >= 4 is 26.8 Å². The van der Waals surface area contributed by atoms with E-state index in [0.29, 0.717) is 11.9 Å². The van der Waals surface area contributed by atoms with Crippen molar-refractivity contribution < 1.29 is 0 Å². The standard InChI is InChI=1S/C15H15BrN4O/c1-3-11-14(16)13(19(2)18-11)8-20-9-17-12-7-5-4-6-10(12)15(20)21/h4-7,9H,3,8H2,1-2H3. The Labute approximate surface area is 130 Å². The Hall–Kier alpha value is -1.95. The molecular weight excluding hydrogens is 332 g/mol. The molecule has 0 spiro atoms. The molecule has 0 aliphatic carbocycles. The van der Waals surface area contributed by atoms with E-state index < -0.39 is 0 Å². The second-order valence-corrected chi connectivity index (χ2v) is 5.67. The lowest BCUT2D eigenvalue weighted by Crippen LogP contribution is -2.22. The molecule has 5 nitrogen and oxygen atoms in total. The normalized spacial score (nSPS) is 11.2. The highest BCUT2D eigenvalue weighted by molar-refractivity contribution is 9.10.